The van der Waals surface area contributed by atoms with Crippen molar-refractivity contribution in [3.8, 4) is 0 Å². The molecule has 1 saturated heterocycles. The molecule has 0 saturated carbocycles. The fraction of sp³-hybridized carbons (Fsp3) is 0.500. The van der Waals surface area contributed by atoms with Crippen molar-refractivity contribution in [3.05, 3.63) is 34.9 Å². The van der Waals surface area contributed by atoms with Crippen LogP contribution in [-0.4, -0.2) is 28.5 Å². The number of rotatable bonds is 3. The molecule has 0 spiro atoms. The van der Waals surface area contributed by atoms with Crippen LogP contribution in [0, 0.1) is 13.8 Å². The molecule has 1 fully saturated rings. The zero-order chi connectivity index (χ0) is 13.1. The van der Waals surface area contributed by atoms with Crippen LogP contribution in [-0.2, 0) is 6.54 Å². The standard InChI is InChI=1S/C14H21N3O/c1-10-5-6-12(8-11(10)2)9-17-7-3-4-13(17)14(15)16-18/h5-6,8,13,18H,3-4,7,9H2,1-2H3,(H2,15,16). The normalized spacial score (nSPS) is 21.4. The third-order valence-electron chi connectivity index (χ3n) is 3.78. The molecule has 0 aromatic heterocycles. The first-order valence-electron chi connectivity index (χ1n) is 6.39. The lowest BCUT2D eigenvalue weighted by Gasteiger charge is -2.23. The van der Waals surface area contributed by atoms with Gasteiger partial charge in [0.15, 0.2) is 5.84 Å². The lowest BCUT2D eigenvalue weighted by atomic mass is 10.1. The molecule has 3 N–H and O–H groups in total. The van der Waals surface area contributed by atoms with Gasteiger partial charge in [0.2, 0.25) is 0 Å². The summed E-state index contributed by atoms with van der Waals surface area (Å²) in [5.41, 5.74) is 9.65. The molecule has 1 aromatic carbocycles. The van der Waals surface area contributed by atoms with Crippen molar-refractivity contribution in [2.75, 3.05) is 6.54 Å². The number of likely N-dealkylation sites (tertiary alicyclic amines) is 1. The minimum atomic E-state index is 0.0802. The lowest BCUT2D eigenvalue weighted by Crippen LogP contribution is -2.40. The number of aryl methyl sites for hydroxylation is 2. The quantitative estimate of drug-likeness (QED) is 0.372. The summed E-state index contributed by atoms with van der Waals surface area (Å²) in [7, 11) is 0. The molecule has 1 aromatic rings. The largest absolute Gasteiger partial charge is 0.409 e. The highest BCUT2D eigenvalue weighted by atomic mass is 16.4. The fourth-order valence-corrected chi connectivity index (χ4v) is 2.55. The Labute approximate surface area is 108 Å². The summed E-state index contributed by atoms with van der Waals surface area (Å²) in [6, 6.07) is 6.61. The van der Waals surface area contributed by atoms with Crippen LogP contribution >= 0.6 is 0 Å². The van der Waals surface area contributed by atoms with Gasteiger partial charge in [-0.25, -0.2) is 0 Å². The Morgan fingerprint density at radius 2 is 2.22 bits per heavy atom. The average Bonchev–Trinajstić information content (AvgIpc) is 2.81. The van der Waals surface area contributed by atoms with Gasteiger partial charge in [-0.05, 0) is 49.9 Å². The Hall–Kier alpha value is -1.55. The Kier molecular flexibility index (Phi) is 3.87. The van der Waals surface area contributed by atoms with Gasteiger partial charge in [0, 0.05) is 6.54 Å². The molecule has 0 radical (unpaired) electrons. The molecular formula is C14H21N3O. The Balaban J connectivity index is 2.10. The van der Waals surface area contributed by atoms with Crippen LogP contribution < -0.4 is 5.73 Å². The molecule has 1 aliphatic heterocycles. The maximum atomic E-state index is 8.80. The van der Waals surface area contributed by atoms with Crippen LogP contribution in [0.2, 0.25) is 0 Å². The smallest absolute Gasteiger partial charge is 0.156 e. The number of nitrogens with two attached hydrogens (primary N) is 1. The van der Waals surface area contributed by atoms with Crippen molar-refractivity contribution >= 4 is 5.84 Å². The van der Waals surface area contributed by atoms with Crippen molar-refractivity contribution in [3.63, 3.8) is 0 Å². The van der Waals surface area contributed by atoms with Crippen molar-refractivity contribution < 1.29 is 5.21 Å². The maximum Gasteiger partial charge on any atom is 0.156 e. The van der Waals surface area contributed by atoms with Crippen molar-refractivity contribution in [1.82, 2.24) is 4.90 Å². The van der Waals surface area contributed by atoms with Crippen LogP contribution in [0.4, 0.5) is 0 Å². The second-order valence-electron chi connectivity index (χ2n) is 5.07. The third kappa shape index (κ3) is 2.64. The Morgan fingerprint density at radius 3 is 2.89 bits per heavy atom. The second-order valence-corrected chi connectivity index (χ2v) is 5.07. The zero-order valence-corrected chi connectivity index (χ0v) is 11.1. The van der Waals surface area contributed by atoms with Crippen molar-refractivity contribution in [1.29, 1.82) is 0 Å². The van der Waals surface area contributed by atoms with E-state index in [1.54, 1.807) is 0 Å². The van der Waals surface area contributed by atoms with Crippen LogP contribution in [0.1, 0.15) is 29.5 Å². The number of nitrogens with zero attached hydrogens (tertiary/aromatic N) is 2. The Bertz CT molecular complexity index is 456. The minimum absolute atomic E-state index is 0.0802. The summed E-state index contributed by atoms with van der Waals surface area (Å²) in [4.78, 5) is 2.28. The molecule has 1 unspecified atom stereocenters. The molecule has 18 heavy (non-hydrogen) atoms. The van der Waals surface area contributed by atoms with E-state index in [0.29, 0.717) is 5.84 Å². The first-order valence-corrected chi connectivity index (χ1v) is 6.39. The predicted octanol–water partition coefficient (Wildman–Crippen LogP) is 2.01. The molecule has 0 bridgehead atoms. The van der Waals surface area contributed by atoms with E-state index in [1.165, 1.54) is 16.7 Å². The van der Waals surface area contributed by atoms with Gasteiger partial charge in [-0.15, -0.1) is 0 Å². The van der Waals surface area contributed by atoms with E-state index >= 15 is 0 Å². The molecule has 98 valence electrons. The topological polar surface area (TPSA) is 61.8 Å². The Morgan fingerprint density at radius 1 is 1.44 bits per heavy atom. The number of hydrogen-bond acceptors (Lipinski definition) is 3. The van der Waals surface area contributed by atoms with Crippen LogP contribution in [0.3, 0.4) is 0 Å². The van der Waals surface area contributed by atoms with E-state index in [1.807, 2.05) is 0 Å². The van der Waals surface area contributed by atoms with Crippen molar-refractivity contribution in [2.45, 2.75) is 39.3 Å². The highest BCUT2D eigenvalue weighted by Gasteiger charge is 2.27. The molecule has 4 heteroatoms. The molecule has 1 heterocycles. The van der Waals surface area contributed by atoms with E-state index in [2.05, 4.69) is 42.1 Å². The van der Waals surface area contributed by atoms with Crippen molar-refractivity contribution in [2.24, 2.45) is 10.9 Å². The monoisotopic (exact) mass is 247 g/mol. The average molecular weight is 247 g/mol. The van der Waals surface area contributed by atoms with Crippen LogP contribution in [0.15, 0.2) is 23.4 Å². The van der Waals surface area contributed by atoms with Crippen LogP contribution in [0.25, 0.3) is 0 Å². The van der Waals surface area contributed by atoms with Gasteiger partial charge in [-0.1, -0.05) is 23.4 Å². The molecule has 1 aliphatic rings. The third-order valence-corrected chi connectivity index (χ3v) is 3.78. The highest BCUT2D eigenvalue weighted by molar-refractivity contribution is 5.85. The first-order chi connectivity index (χ1) is 8.61. The van der Waals surface area contributed by atoms with Gasteiger partial charge in [-0.2, -0.15) is 0 Å². The van der Waals surface area contributed by atoms with E-state index in [9.17, 15) is 0 Å². The summed E-state index contributed by atoms with van der Waals surface area (Å²) in [6.45, 7) is 6.12. The zero-order valence-electron chi connectivity index (χ0n) is 11.1. The molecule has 1 atom stereocenters. The van der Waals surface area contributed by atoms with Gasteiger partial charge >= 0.3 is 0 Å². The summed E-state index contributed by atoms with van der Waals surface area (Å²) in [6.07, 6.45) is 2.08. The summed E-state index contributed by atoms with van der Waals surface area (Å²) < 4.78 is 0. The minimum Gasteiger partial charge on any atom is -0.409 e. The summed E-state index contributed by atoms with van der Waals surface area (Å²) >= 11 is 0. The number of oxime groups is 1. The molecule has 4 nitrogen and oxygen atoms in total. The molecular weight excluding hydrogens is 226 g/mol. The summed E-state index contributed by atoms with van der Waals surface area (Å²) in [5, 5.41) is 11.9. The molecule has 0 aliphatic carbocycles. The number of hydrogen-bond donors (Lipinski definition) is 2. The number of amidine groups is 1. The van der Waals surface area contributed by atoms with E-state index < -0.39 is 0 Å². The van der Waals surface area contributed by atoms with Gasteiger partial charge in [0.1, 0.15) is 0 Å². The first kappa shape index (κ1) is 12.9. The van der Waals surface area contributed by atoms with Gasteiger partial charge in [0.25, 0.3) is 0 Å². The van der Waals surface area contributed by atoms with Gasteiger partial charge < -0.3 is 10.9 Å². The van der Waals surface area contributed by atoms with E-state index in [-0.39, 0.29) is 6.04 Å². The van der Waals surface area contributed by atoms with Gasteiger partial charge in [-0.3, -0.25) is 4.90 Å². The van der Waals surface area contributed by atoms with E-state index in [0.717, 1.165) is 25.9 Å². The second kappa shape index (κ2) is 5.40. The van der Waals surface area contributed by atoms with Gasteiger partial charge in [0.05, 0.1) is 6.04 Å². The molecule has 0 amide bonds. The summed E-state index contributed by atoms with van der Waals surface area (Å²) in [5.74, 6) is 0.330. The van der Waals surface area contributed by atoms with Crippen LogP contribution in [0.5, 0.6) is 0 Å². The number of benzene rings is 1. The predicted molar refractivity (Wildman–Crippen MR) is 72.8 cm³/mol. The highest BCUT2D eigenvalue weighted by Crippen LogP contribution is 2.21. The lowest BCUT2D eigenvalue weighted by molar-refractivity contribution is 0.275. The maximum absolute atomic E-state index is 8.80. The van der Waals surface area contributed by atoms with E-state index in [4.69, 9.17) is 10.9 Å². The molecule has 2 rings (SSSR count). The fourth-order valence-electron chi connectivity index (χ4n) is 2.55. The SMILES string of the molecule is Cc1ccc(CN2CCCC2C(N)=NO)cc1C.